The molecule has 0 aliphatic rings. The molecule has 23 heavy (non-hydrogen) atoms. The Morgan fingerprint density at radius 3 is 2.57 bits per heavy atom. The molecule has 0 aliphatic carbocycles. The highest BCUT2D eigenvalue weighted by Gasteiger charge is 2.15. The molecule has 0 radical (unpaired) electrons. The van der Waals surface area contributed by atoms with E-state index in [0.29, 0.717) is 13.1 Å². The van der Waals surface area contributed by atoms with Gasteiger partial charge in [0.25, 0.3) is 0 Å². The van der Waals surface area contributed by atoms with Gasteiger partial charge < -0.3 is 21.1 Å². The minimum Gasteiger partial charge on any atom is -0.447 e. The van der Waals surface area contributed by atoms with E-state index in [1.807, 2.05) is 30.3 Å². The summed E-state index contributed by atoms with van der Waals surface area (Å²) in [4.78, 5) is 23.3. The Morgan fingerprint density at radius 2 is 1.87 bits per heavy atom. The van der Waals surface area contributed by atoms with E-state index in [2.05, 4.69) is 17.6 Å². The molecule has 0 aliphatic heterocycles. The molecule has 0 fully saturated rings. The number of nitrogens with one attached hydrogen (secondary N) is 2. The Morgan fingerprint density at radius 1 is 1.13 bits per heavy atom. The van der Waals surface area contributed by atoms with Crippen LogP contribution in [0.25, 0.3) is 0 Å². The van der Waals surface area contributed by atoms with E-state index < -0.39 is 12.1 Å². The zero-order chi connectivity index (χ0) is 16.9. The average Bonchev–Trinajstić information content (AvgIpc) is 2.58. The second-order valence-corrected chi connectivity index (χ2v) is 5.40. The summed E-state index contributed by atoms with van der Waals surface area (Å²) in [6.07, 6.45) is 3.75. The number of carbonyl (C=O) groups is 2. The van der Waals surface area contributed by atoms with Gasteiger partial charge in [0.1, 0.15) is 12.6 Å². The maximum atomic E-state index is 11.7. The maximum Gasteiger partial charge on any atom is 0.407 e. The second-order valence-electron chi connectivity index (χ2n) is 5.40. The summed E-state index contributed by atoms with van der Waals surface area (Å²) in [7, 11) is 0. The lowest BCUT2D eigenvalue weighted by atomic mass is 10.2. The Labute approximate surface area is 137 Å². The van der Waals surface area contributed by atoms with E-state index in [1.54, 1.807) is 0 Å². The highest BCUT2D eigenvalue weighted by atomic mass is 16.5. The van der Waals surface area contributed by atoms with E-state index >= 15 is 0 Å². The number of carbonyl (C=O) groups excluding carboxylic acids is 2. The molecular formula is C17H27N3O3. The van der Waals surface area contributed by atoms with Crippen LogP contribution in [0.15, 0.2) is 30.3 Å². The Kier molecular flexibility index (Phi) is 9.47. The number of rotatable bonds is 10. The largest absolute Gasteiger partial charge is 0.447 e. The van der Waals surface area contributed by atoms with E-state index in [0.717, 1.165) is 31.2 Å². The predicted octanol–water partition coefficient (Wildman–Crippen LogP) is 1.94. The minimum atomic E-state index is -0.844. The first-order chi connectivity index (χ1) is 11.1. The third-order valence-electron chi connectivity index (χ3n) is 3.34. The Bertz CT molecular complexity index is 465. The molecule has 0 heterocycles. The zero-order valence-electron chi connectivity index (χ0n) is 13.7. The summed E-state index contributed by atoms with van der Waals surface area (Å²) >= 11 is 0. The van der Waals surface area contributed by atoms with Crippen LogP contribution >= 0.6 is 0 Å². The third kappa shape index (κ3) is 8.83. The van der Waals surface area contributed by atoms with Crippen molar-refractivity contribution < 1.29 is 14.3 Å². The van der Waals surface area contributed by atoms with Crippen LogP contribution in [0.5, 0.6) is 0 Å². The van der Waals surface area contributed by atoms with Gasteiger partial charge in [-0.15, -0.1) is 0 Å². The van der Waals surface area contributed by atoms with Crippen LogP contribution in [0, 0.1) is 0 Å². The standard InChI is InChI=1S/C17H27N3O3/c1-2-3-4-8-11-19-16(21)15(18)13-23-17(22)20-12-14-9-6-5-7-10-14/h5-7,9-10,15H,2-4,8,11-13,18H2,1H3,(H,19,21)(H,20,22)/t15-/m0/s1. The molecule has 1 rings (SSSR count). The summed E-state index contributed by atoms with van der Waals surface area (Å²) in [6.45, 7) is 2.97. The molecule has 1 atom stereocenters. The predicted molar refractivity (Wildman–Crippen MR) is 89.8 cm³/mol. The fourth-order valence-electron chi connectivity index (χ4n) is 1.96. The van der Waals surface area contributed by atoms with Crippen molar-refractivity contribution in [3.05, 3.63) is 35.9 Å². The summed E-state index contributed by atoms with van der Waals surface area (Å²) in [5, 5.41) is 5.36. The van der Waals surface area contributed by atoms with Gasteiger partial charge in [0.15, 0.2) is 0 Å². The normalized spacial score (nSPS) is 11.6. The van der Waals surface area contributed by atoms with E-state index in [-0.39, 0.29) is 12.5 Å². The number of ether oxygens (including phenoxy) is 1. The topological polar surface area (TPSA) is 93.5 Å². The van der Waals surface area contributed by atoms with Crippen molar-refractivity contribution in [2.24, 2.45) is 5.73 Å². The molecule has 0 aromatic heterocycles. The molecule has 1 aromatic rings. The summed E-state index contributed by atoms with van der Waals surface area (Å²) in [5.74, 6) is -0.294. The van der Waals surface area contributed by atoms with E-state index in [9.17, 15) is 9.59 Å². The quantitative estimate of drug-likeness (QED) is 0.574. The average molecular weight is 321 g/mol. The number of nitrogens with two attached hydrogens (primary N) is 1. The van der Waals surface area contributed by atoms with Crippen molar-refractivity contribution in [3.63, 3.8) is 0 Å². The molecule has 0 saturated heterocycles. The van der Waals surface area contributed by atoms with Crippen molar-refractivity contribution in [2.75, 3.05) is 13.2 Å². The molecule has 1 aromatic carbocycles. The second kappa shape index (κ2) is 11.5. The molecule has 0 unspecified atom stereocenters. The summed E-state index contributed by atoms with van der Waals surface area (Å²) < 4.78 is 4.96. The van der Waals surface area contributed by atoms with Gasteiger partial charge in [0.05, 0.1) is 0 Å². The molecule has 2 amide bonds. The van der Waals surface area contributed by atoms with Crippen molar-refractivity contribution >= 4 is 12.0 Å². The summed E-state index contributed by atoms with van der Waals surface area (Å²) in [6, 6.07) is 8.65. The first kappa shape index (κ1) is 19.0. The number of amides is 2. The van der Waals surface area contributed by atoms with E-state index in [4.69, 9.17) is 10.5 Å². The molecule has 0 bridgehead atoms. The molecule has 6 nitrogen and oxygen atoms in total. The SMILES string of the molecule is CCCCCCNC(=O)[C@@H](N)COC(=O)NCc1ccccc1. The van der Waals surface area contributed by atoms with Crippen LogP contribution in [0.2, 0.25) is 0 Å². The number of alkyl carbamates (subject to hydrolysis) is 1. The van der Waals surface area contributed by atoms with Crippen LogP contribution < -0.4 is 16.4 Å². The number of hydrogen-bond donors (Lipinski definition) is 3. The lowest BCUT2D eigenvalue weighted by molar-refractivity contribution is -0.123. The van der Waals surface area contributed by atoms with Crippen molar-refractivity contribution in [2.45, 2.75) is 45.2 Å². The van der Waals surface area contributed by atoms with Crippen molar-refractivity contribution in [3.8, 4) is 0 Å². The number of benzene rings is 1. The highest BCUT2D eigenvalue weighted by molar-refractivity contribution is 5.81. The Hall–Kier alpha value is -2.08. The molecular weight excluding hydrogens is 294 g/mol. The molecule has 128 valence electrons. The van der Waals surface area contributed by atoms with Gasteiger partial charge in [0, 0.05) is 13.1 Å². The number of hydrogen-bond acceptors (Lipinski definition) is 4. The smallest absolute Gasteiger partial charge is 0.407 e. The van der Waals surface area contributed by atoms with Gasteiger partial charge in [-0.05, 0) is 12.0 Å². The number of unbranched alkanes of at least 4 members (excludes halogenated alkanes) is 3. The maximum absolute atomic E-state index is 11.7. The van der Waals surface area contributed by atoms with Crippen LogP contribution in [-0.2, 0) is 16.1 Å². The van der Waals surface area contributed by atoms with Crippen LogP contribution in [0.1, 0.15) is 38.2 Å². The minimum absolute atomic E-state index is 0.137. The van der Waals surface area contributed by atoms with E-state index in [1.165, 1.54) is 0 Å². The van der Waals surface area contributed by atoms with Gasteiger partial charge in [-0.1, -0.05) is 56.5 Å². The monoisotopic (exact) mass is 321 g/mol. The van der Waals surface area contributed by atoms with Gasteiger partial charge in [-0.25, -0.2) is 4.79 Å². The zero-order valence-corrected chi connectivity index (χ0v) is 13.7. The lowest BCUT2D eigenvalue weighted by Gasteiger charge is -2.13. The fraction of sp³-hybridized carbons (Fsp3) is 0.529. The fourth-order valence-corrected chi connectivity index (χ4v) is 1.96. The Balaban J connectivity index is 2.12. The van der Waals surface area contributed by atoms with Gasteiger partial charge in [-0.2, -0.15) is 0 Å². The van der Waals surface area contributed by atoms with Crippen molar-refractivity contribution in [1.29, 1.82) is 0 Å². The van der Waals surface area contributed by atoms with Crippen LogP contribution in [0.4, 0.5) is 4.79 Å². The first-order valence-corrected chi connectivity index (χ1v) is 8.11. The molecule has 0 saturated carbocycles. The summed E-state index contributed by atoms with van der Waals surface area (Å²) in [5.41, 5.74) is 6.67. The van der Waals surface area contributed by atoms with Gasteiger partial charge in [-0.3, -0.25) is 4.79 Å². The highest BCUT2D eigenvalue weighted by Crippen LogP contribution is 1.98. The lowest BCUT2D eigenvalue weighted by Crippen LogP contribution is -2.45. The van der Waals surface area contributed by atoms with Gasteiger partial charge >= 0.3 is 6.09 Å². The van der Waals surface area contributed by atoms with Gasteiger partial charge in [0.2, 0.25) is 5.91 Å². The molecule has 0 spiro atoms. The molecule has 4 N–H and O–H groups in total. The van der Waals surface area contributed by atoms with Crippen molar-refractivity contribution in [1.82, 2.24) is 10.6 Å². The third-order valence-corrected chi connectivity index (χ3v) is 3.34. The van der Waals surface area contributed by atoms with Crippen LogP contribution in [-0.4, -0.2) is 31.2 Å². The first-order valence-electron chi connectivity index (χ1n) is 8.11. The van der Waals surface area contributed by atoms with Crippen LogP contribution in [0.3, 0.4) is 0 Å². The molecule has 6 heteroatoms.